The van der Waals surface area contributed by atoms with Crippen molar-refractivity contribution in [1.82, 2.24) is 9.96 Å². The first-order valence-electron chi connectivity index (χ1n) is 5.44. The van der Waals surface area contributed by atoms with Gasteiger partial charge in [-0.05, 0) is 12.5 Å². The summed E-state index contributed by atoms with van der Waals surface area (Å²) in [5.74, 6) is -2.55. The summed E-state index contributed by atoms with van der Waals surface area (Å²) in [6.07, 6.45) is -1.11. The van der Waals surface area contributed by atoms with Crippen molar-refractivity contribution in [2.24, 2.45) is 5.73 Å². The molecule has 2 heterocycles. The van der Waals surface area contributed by atoms with Gasteiger partial charge in [-0.25, -0.2) is 18.8 Å². The summed E-state index contributed by atoms with van der Waals surface area (Å²) in [5.41, 5.74) is 5.73. The molecule has 0 saturated carbocycles. The van der Waals surface area contributed by atoms with Gasteiger partial charge in [-0.2, -0.15) is 5.06 Å². The summed E-state index contributed by atoms with van der Waals surface area (Å²) < 4.78 is 13.0. The van der Waals surface area contributed by atoms with Crippen molar-refractivity contribution in [3.63, 3.8) is 0 Å². The number of carboxylic acids is 1. The van der Waals surface area contributed by atoms with Crippen LogP contribution in [0, 0.1) is 0 Å². The van der Waals surface area contributed by atoms with E-state index in [0.29, 0.717) is 10.6 Å². The molecule has 8 nitrogen and oxygen atoms in total. The van der Waals surface area contributed by atoms with Crippen molar-refractivity contribution >= 4 is 17.9 Å². The van der Waals surface area contributed by atoms with E-state index in [1.807, 2.05) is 0 Å². The standard InChI is InChI=1S/C10H12FN3O5.Li.H/c1-4-2-5-3-13(6(4)8(12)15)10(18)14(5)19-7(11)9(16)17;;/h2,5-7H,3H2,1H3,(H2,12,15)(H,16,17);;/q;+1;-1/t5-,6+,7?;;/m1../s1. The predicted octanol–water partition coefficient (Wildman–Crippen LogP) is -3.67. The molecule has 3 atom stereocenters. The molecule has 1 saturated heterocycles. The maximum absolute atomic E-state index is 13.0. The maximum atomic E-state index is 13.0. The van der Waals surface area contributed by atoms with Crippen LogP contribution in [-0.4, -0.2) is 58.0 Å². The largest absolute Gasteiger partial charge is 1.00 e. The quantitative estimate of drug-likeness (QED) is 0.407. The normalized spacial score (nSPS) is 25.9. The summed E-state index contributed by atoms with van der Waals surface area (Å²) >= 11 is 0. The molecule has 2 aliphatic rings. The Labute approximate surface area is 126 Å². The van der Waals surface area contributed by atoms with E-state index in [1.165, 1.54) is 6.08 Å². The third kappa shape index (κ3) is 2.65. The molecule has 0 aromatic rings. The van der Waals surface area contributed by atoms with E-state index in [2.05, 4.69) is 4.84 Å². The summed E-state index contributed by atoms with van der Waals surface area (Å²) in [6.45, 7) is 1.70. The van der Waals surface area contributed by atoms with Gasteiger partial charge in [0.05, 0.1) is 12.6 Å². The summed E-state index contributed by atoms with van der Waals surface area (Å²) in [5, 5.41) is 9.04. The number of fused-ring (bicyclic) bond motifs is 2. The second kappa shape index (κ2) is 5.83. The number of urea groups is 1. The van der Waals surface area contributed by atoms with Crippen LogP contribution in [0.15, 0.2) is 11.6 Å². The molecule has 0 aromatic heterocycles. The van der Waals surface area contributed by atoms with E-state index < -0.39 is 36.3 Å². The van der Waals surface area contributed by atoms with Crippen LogP contribution in [0.5, 0.6) is 0 Å². The third-order valence-electron chi connectivity index (χ3n) is 2.99. The summed E-state index contributed by atoms with van der Waals surface area (Å²) in [7, 11) is 0. The number of carboxylic acid groups (broad SMARTS) is 1. The number of rotatable bonds is 4. The van der Waals surface area contributed by atoms with Gasteiger partial charge in [0.15, 0.2) is 0 Å². The van der Waals surface area contributed by atoms with Gasteiger partial charge in [0.25, 0.3) is 0 Å². The molecular formula is C10H13FLiN3O5. The van der Waals surface area contributed by atoms with Gasteiger partial charge in [0.2, 0.25) is 5.91 Å². The van der Waals surface area contributed by atoms with Gasteiger partial charge >= 0.3 is 37.2 Å². The molecule has 3 N–H and O–H groups in total. The number of carbonyl (C=O) groups excluding carboxylic acids is 2. The van der Waals surface area contributed by atoms with Crippen molar-refractivity contribution in [1.29, 1.82) is 0 Å². The van der Waals surface area contributed by atoms with Gasteiger partial charge in [-0.3, -0.25) is 4.79 Å². The zero-order valence-corrected chi connectivity index (χ0v) is 10.9. The minimum absolute atomic E-state index is 0. The molecule has 106 valence electrons. The molecule has 1 fully saturated rings. The fraction of sp³-hybridized carbons (Fsp3) is 0.500. The number of halogens is 1. The minimum Gasteiger partial charge on any atom is -1.00 e. The predicted molar refractivity (Wildman–Crippen MR) is 59.2 cm³/mol. The van der Waals surface area contributed by atoms with E-state index in [-0.39, 0.29) is 26.8 Å². The number of hydrogen-bond donors (Lipinski definition) is 2. The van der Waals surface area contributed by atoms with Crippen LogP contribution in [0.1, 0.15) is 8.35 Å². The van der Waals surface area contributed by atoms with Crippen molar-refractivity contribution in [3.05, 3.63) is 11.6 Å². The number of amides is 3. The second-order valence-electron chi connectivity index (χ2n) is 4.30. The summed E-state index contributed by atoms with van der Waals surface area (Å²) in [4.78, 5) is 39.2. The molecule has 10 heteroatoms. The topological polar surface area (TPSA) is 113 Å². The van der Waals surface area contributed by atoms with Crippen molar-refractivity contribution in [3.8, 4) is 0 Å². The monoisotopic (exact) mass is 281 g/mol. The number of nitrogens with two attached hydrogens (primary N) is 1. The SMILES string of the molecule is CC1=C[C@@H]2CN(C(=O)N2OC(F)C(=O)O)[C@@H]1C(N)=O.[H-].[Li+]. The van der Waals surface area contributed by atoms with Crippen LogP contribution in [0.3, 0.4) is 0 Å². The Morgan fingerprint density at radius 2 is 2.25 bits per heavy atom. The molecule has 0 aliphatic carbocycles. The first kappa shape index (κ1) is 16.5. The van der Waals surface area contributed by atoms with Gasteiger partial charge in [0.1, 0.15) is 6.04 Å². The van der Waals surface area contributed by atoms with E-state index in [4.69, 9.17) is 10.8 Å². The van der Waals surface area contributed by atoms with Crippen molar-refractivity contribution in [2.45, 2.75) is 25.4 Å². The van der Waals surface area contributed by atoms with Crippen LogP contribution >= 0.6 is 0 Å². The fourth-order valence-electron chi connectivity index (χ4n) is 2.24. The first-order chi connectivity index (χ1) is 8.82. The van der Waals surface area contributed by atoms with Crippen LogP contribution < -0.4 is 24.6 Å². The first-order valence-corrected chi connectivity index (χ1v) is 5.44. The third-order valence-corrected chi connectivity index (χ3v) is 2.99. The van der Waals surface area contributed by atoms with Crippen LogP contribution in [0.25, 0.3) is 0 Å². The Morgan fingerprint density at radius 1 is 1.65 bits per heavy atom. The smallest absolute Gasteiger partial charge is 1.00 e. The molecule has 2 rings (SSSR count). The zero-order chi connectivity index (χ0) is 14.3. The van der Waals surface area contributed by atoms with Gasteiger partial charge < -0.3 is 17.2 Å². The Kier molecular flexibility index (Phi) is 4.80. The Balaban J connectivity index is 0.00000200. The van der Waals surface area contributed by atoms with Crippen molar-refractivity contribution in [2.75, 3.05) is 6.54 Å². The number of primary amides is 1. The van der Waals surface area contributed by atoms with E-state index in [1.54, 1.807) is 6.92 Å². The van der Waals surface area contributed by atoms with E-state index in [0.717, 1.165) is 4.90 Å². The molecule has 0 radical (unpaired) electrons. The zero-order valence-electron chi connectivity index (χ0n) is 11.9. The average molecular weight is 281 g/mol. The average Bonchev–Trinajstić information content (AvgIpc) is 2.54. The Morgan fingerprint density at radius 3 is 2.75 bits per heavy atom. The number of aliphatic carboxylic acids is 1. The Hall–Kier alpha value is -1.56. The molecule has 2 bridgehead atoms. The van der Waals surface area contributed by atoms with E-state index >= 15 is 0 Å². The van der Waals surface area contributed by atoms with Crippen molar-refractivity contribution < 1.29 is 49.0 Å². The molecule has 3 amide bonds. The van der Waals surface area contributed by atoms with Crippen LogP contribution in [0.2, 0.25) is 0 Å². The number of alkyl halides is 1. The van der Waals surface area contributed by atoms with Gasteiger partial charge in [0, 0.05) is 0 Å². The number of hydroxylamine groups is 2. The molecular weight excluding hydrogens is 268 g/mol. The second-order valence-corrected chi connectivity index (χ2v) is 4.30. The minimum atomic E-state index is -2.65. The number of hydrogen-bond acceptors (Lipinski definition) is 4. The van der Waals surface area contributed by atoms with Gasteiger partial charge in [-0.15, -0.1) is 0 Å². The Bertz CT molecular complexity index is 491. The number of carbonyl (C=O) groups is 3. The molecule has 2 aliphatic heterocycles. The maximum Gasteiger partial charge on any atom is 1.00 e. The van der Waals surface area contributed by atoms with Gasteiger partial charge in [-0.1, -0.05) is 6.08 Å². The fourth-order valence-corrected chi connectivity index (χ4v) is 2.24. The van der Waals surface area contributed by atoms with E-state index in [9.17, 15) is 18.8 Å². The molecule has 20 heavy (non-hydrogen) atoms. The summed E-state index contributed by atoms with van der Waals surface area (Å²) in [6, 6.07) is -2.34. The van der Waals surface area contributed by atoms with Crippen LogP contribution in [-0.2, 0) is 14.4 Å². The molecule has 0 aromatic carbocycles. The number of nitrogens with zero attached hydrogens (tertiary/aromatic N) is 2. The molecule has 1 unspecified atom stereocenters. The molecule has 0 spiro atoms. The van der Waals surface area contributed by atoms with Crippen LogP contribution in [0.4, 0.5) is 9.18 Å².